The Morgan fingerprint density at radius 3 is 0.800 bits per heavy atom. The summed E-state index contributed by atoms with van der Waals surface area (Å²) in [5.74, 6) is -0.587. The van der Waals surface area contributed by atoms with Crippen LogP contribution < -0.4 is 0 Å². The molecular weight excluding hydrogens is 1130 g/mol. The van der Waals surface area contributed by atoms with E-state index in [1.807, 2.05) is 0 Å². The van der Waals surface area contributed by atoms with E-state index >= 15 is 0 Å². The molecule has 0 aliphatic heterocycles. The van der Waals surface area contributed by atoms with E-state index < -0.39 is 97.5 Å². The molecule has 0 saturated carbocycles. The number of phosphoric acid groups is 2. The first-order valence-corrected chi connectivity index (χ1v) is 37.5. The van der Waals surface area contributed by atoms with Crippen molar-refractivity contribution in [2.75, 3.05) is 39.6 Å². The molecule has 0 aromatic carbocycles. The Kier molecular flexibility index (Phi) is 57.1. The number of hydrogen-bond donors (Lipinski definition) is 3. The van der Waals surface area contributed by atoms with E-state index in [4.69, 9.17) is 37.0 Å². The van der Waals surface area contributed by atoms with E-state index in [0.29, 0.717) is 25.7 Å². The van der Waals surface area contributed by atoms with Gasteiger partial charge in [-0.05, 0) is 37.5 Å². The molecule has 85 heavy (non-hydrogen) atoms. The molecule has 19 heteroatoms. The van der Waals surface area contributed by atoms with E-state index in [2.05, 4.69) is 41.5 Å². The van der Waals surface area contributed by atoms with Gasteiger partial charge in [-0.1, -0.05) is 279 Å². The highest BCUT2D eigenvalue weighted by Crippen LogP contribution is 2.45. The molecule has 0 aromatic heterocycles. The summed E-state index contributed by atoms with van der Waals surface area (Å²) >= 11 is 0. The van der Waals surface area contributed by atoms with Gasteiger partial charge in [-0.3, -0.25) is 37.3 Å². The van der Waals surface area contributed by atoms with Crippen molar-refractivity contribution in [3.63, 3.8) is 0 Å². The molecule has 504 valence electrons. The van der Waals surface area contributed by atoms with Crippen LogP contribution in [-0.4, -0.2) is 96.7 Å². The Balaban J connectivity index is 5.20. The number of carbonyl (C=O) groups excluding carboxylic acids is 4. The Morgan fingerprint density at radius 2 is 0.541 bits per heavy atom. The van der Waals surface area contributed by atoms with Crippen molar-refractivity contribution in [1.82, 2.24) is 0 Å². The monoisotopic (exact) mass is 1250 g/mol. The van der Waals surface area contributed by atoms with E-state index in [1.165, 1.54) is 135 Å². The lowest BCUT2D eigenvalue weighted by atomic mass is 10.0. The van der Waals surface area contributed by atoms with Crippen LogP contribution in [0.4, 0.5) is 0 Å². The van der Waals surface area contributed by atoms with Gasteiger partial charge in [0.25, 0.3) is 0 Å². The molecule has 0 heterocycles. The van der Waals surface area contributed by atoms with Gasteiger partial charge in [0.2, 0.25) is 0 Å². The van der Waals surface area contributed by atoms with E-state index in [0.717, 1.165) is 115 Å². The van der Waals surface area contributed by atoms with Crippen molar-refractivity contribution in [3.05, 3.63) is 0 Å². The zero-order valence-electron chi connectivity index (χ0n) is 54.9. The molecule has 17 nitrogen and oxygen atoms in total. The van der Waals surface area contributed by atoms with Crippen LogP contribution in [0, 0.1) is 11.8 Å². The molecule has 0 saturated heterocycles. The molecule has 0 amide bonds. The van der Waals surface area contributed by atoms with Crippen LogP contribution in [0.3, 0.4) is 0 Å². The Bertz CT molecular complexity index is 1670. The average molecular weight is 1260 g/mol. The minimum absolute atomic E-state index is 0.105. The first-order valence-electron chi connectivity index (χ1n) is 34.5. The van der Waals surface area contributed by atoms with Gasteiger partial charge in [0.1, 0.15) is 19.3 Å². The van der Waals surface area contributed by atoms with Gasteiger partial charge in [0, 0.05) is 25.7 Å². The number of aliphatic hydroxyl groups excluding tert-OH is 1. The summed E-state index contributed by atoms with van der Waals surface area (Å²) in [6.07, 6.45) is 41.7. The fraction of sp³-hybridized carbons (Fsp3) is 0.939. The highest BCUT2D eigenvalue weighted by Gasteiger charge is 2.30. The third-order valence-electron chi connectivity index (χ3n) is 15.2. The van der Waals surface area contributed by atoms with Gasteiger partial charge in [0.15, 0.2) is 12.2 Å². The maximum atomic E-state index is 13.0. The summed E-state index contributed by atoms with van der Waals surface area (Å²) in [5.41, 5.74) is 0. The number of esters is 4. The molecule has 0 fully saturated rings. The molecule has 0 aromatic rings. The van der Waals surface area contributed by atoms with Crippen LogP contribution >= 0.6 is 15.6 Å². The van der Waals surface area contributed by atoms with Crippen molar-refractivity contribution in [2.45, 2.75) is 349 Å². The standard InChI is InChI=1S/C66H128O17P2/c1-7-9-11-13-15-30-36-42-48-63(68)76-54-61(82-65(70)50-44-38-31-16-14-12-10-8-2)56-80-84(72,73)78-52-60(67)53-79-85(74,75)81-57-62(55-77-64(69)49-43-37-32-26-23-19-21-25-29-35-41-47-59(5)6)83-66(71)51-45-39-33-27-22-18-17-20-24-28-34-40-46-58(3)4/h58-62,67H,7-57H2,1-6H3,(H,72,73)(H,74,75)/t60-,61+,62+/m0/s1. The Labute approximate surface area is 517 Å². The molecule has 0 radical (unpaired) electrons. The topological polar surface area (TPSA) is 237 Å². The highest BCUT2D eigenvalue weighted by molar-refractivity contribution is 7.47. The van der Waals surface area contributed by atoms with Gasteiger partial charge >= 0.3 is 39.5 Å². The normalized spacial score (nSPS) is 14.2. The predicted molar refractivity (Wildman–Crippen MR) is 340 cm³/mol. The molecule has 0 aliphatic carbocycles. The average Bonchev–Trinajstić information content (AvgIpc) is 3.61. The van der Waals surface area contributed by atoms with Crippen molar-refractivity contribution in [1.29, 1.82) is 0 Å². The van der Waals surface area contributed by atoms with Crippen LogP contribution in [0.1, 0.15) is 330 Å². The zero-order valence-corrected chi connectivity index (χ0v) is 56.7. The molecule has 0 spiro atoms. The summed E-state index contributed by atoms with van der Waals surface area (Å²) in [5, 5.41) is 10.5. The summed E-state index contributed by atoms with van der Waals surface area (Å²) in [7, 11) is -9.88. The molecule has 2 unspecified atom stereocenters. The van der Waals surface area contributed by atoms with Crippen molar-refractivity contribution >= 4 is 39.5 Å². The van der Waals surface area contributed by atoms with E-state index in [9.17, 15) is 43.2 Å². The molecular formula is C66H128O17P2. The largest absolute Gasteiger partial charge is 0.472 e. The van der Waals surface area contributed by atoms with Crippen LogP contribution in [0.5, 0.6) is 0 Å². The minimum atomic E-state index is -4.95. The maximum Gasteiger partial charge on any atom is 0.472 e. The predicted octanol–water partition coefficient (Wildman–Crippen LogP) is 18.4. The van der Waals surface area contributed by atoms with Crippen LogP contribution in [-0.2, 0) is 65.4 Å². The third-order valence-corrected chi connectivity index (χ3v) is 17.1. The molecule has 0 bridgehead atoms. The van der Waals surface area contributed by atoms with E-state index in [-0.39, 0.29) is 25.7 Å². The molecule has 3 N–H and O–H groups in total. The fourth-order valence-electron chi connectivity index (χ4n) is 9.88. The number of carbonyl (C=O) groups is 4. The maximum absolute atomic E-state index is 13.0. The van der Waals surface area contributed by atoms with Gasteiger partial charge in [0.05, 0.1) is 26.4 Å². The quantitative estimate of drug-likeness (QED) is 0.0222. The number of ether oxygens (including phenoxy) is 4. The Hall–Kier alpha value is -1.94. The van der Waals surface area contributed by atoms with Crippen molar-refractivity contribution in [2.24, 2.45) is 11.8 Å². The summed E-state index contributed by atoms with van der Waals surface area (Å²) in [6, 6.07) is 0. The summed E-state index contributed by atoms with van der Waals surface area (Å²) in [4.78, 5) is 72.2. The lowest BCUT2D eigenvalue weighted by Crippen LogP contribution is -2.30. The van der Waals surface area contributed by atoms with Crippen LogP contribution in [0.25, 0.3) is 0 Å². The molecule has 0 rings (SSSR count). The smallest absolute Gasteiger partial charge is 0.462 e. The number of phosphoric ester groups is 2. The SMILES string of the molecule is CCCCCCCCCCC(=O)OC[C@H](COP(=O)(O)OC[C@H](O)COP(=O)(O)OC[C@@H](COC(=O)CCCCCCCCCCCCCC(C)C)OC(=O)CCCCCCCCCCCCCCC(C)C)OC(=O)CCCCCCCCCC. The van der Waals surface area contributed by atoms with Gasteiger partial charge in [-0.2, -0.15) is 0 Å². The van der Waals surface area contributed by atoms with Crippen LogP contribution in [0.2, 0.25) is 0 Å². The number of rotatable bonds is 65. The fourth-order valence-corrected chi connectivity index (χ4v) is 11.5. The second-order valence-corrected chi connectivity index (χ2v) is 27.7. The van der Waals surface area contributed by atoms with Crippen molar-refractivity contribution < 1.29 is 80.2 Å². The first kappa shape index (κ1) is 83.1. The van der Waals surface area contributed by atoms with Crippen molar-refractivity contribution in [3.8, 4) is 0 Å². The first-order chi connectivity index (χ1) is 40.9. The third kappa shape index (κ3) is 60.7. The van der Waals surface area contributed by atoms with Gasteiger partial charge in [-0.25, -0.2) is 9.13 Å². The second kappa shape index (κ2) is 58.4. The molecule has 0 aliphatic rings. The van der Waals surface area contributed by atoms with Gasteiger partial charge < -0.3 is 33.8 Å². The molecule has 5 atom stereocenters. The summed E-state index contributed by atoms with van der Waals surface area (Å²) in [6.45, 7) is 9.48. The second-order valence-electron chi connectivity index (χ2n) is 24.8. The lowest BCUT2D eigenvalue weighted by molar-refractivity contribution is -0.161. The lowest BCUT2D eigenvalue weighted by Gasteiger charge is -2.21. The zero-order chi connectivity index (χ0) is 62.9. The summed E-state index contributed by atoms with van der Waals surface area (Å²) < 4.78 is 68.0. The van der Waals surface area contributed by atoms with Gasteiger partial charge in [-0.15, -0.1) is 0 Å². The Morgan fingerprint density at radius 1 is 0.318 bits per heavy atom. The highest BCUT2D eigenvalue weighted by atomic mass is 31.2. The van der Waals surface area contributed by atoms with E-state index in [1.54, 1.807) is 0 Å². The minimum Gasteiger partial charge on any atom is -0.462 e. The number of aliphatic hydroxyl groups is 1. The number of unbranched alkanes of at least 4 members (excludes halogenated alkanes) is 35. The number of hydrogen-bond acceptors (Lipinski definition) is 15. The van der Waals surface area contributed by atoms with Crippen LogP contribution in [0.15, 0.2) is 0 Å².